The van der Waals surface area contributed by atoms with Gasteiger partial charge in [-0.05, 0) is 10.9 Å². The molecule has 2 aromatic heterocycles. The van der Waals surface area contributed by atoms with Gasteiger partial charge in [-0.25, -0.2) is 9.97 Å². The van der Waals surface area contributed by atoms with Crippen LogP contribution in [0.5, 0.6) is 0 Å². The molecular weight excluding hydrogens is 284 g/mol. The summed E-state index contributed by atoms with van der Waals surface area (Å²) >= 11 is 6.03. The van der Waals surface area contributed by atoms with Gasteiger partial charge in [0, 0.05) is 42.9 Å². The van der Waals surface area contributed by atoms with Crippen LogP contribution in [0.15, 0.2) is 42.9 Å². The Bertz CT molecular complexity index is 796. The lowest BCUT2D eigenvalue weighted by atomic mass is 10.1. The van der Waals surface area contributed by atoms with Crippen LogP contribution in [-0.2, 0) is 19.0 Å². The van der Waals surface area contributed by atoms with Crippen molar-refractivity contribution in [1.82, 2.24) is 14.5 Å². The van der Waals surface area contributed by atoms with Crippen molar-refractivity contribution in [2.24, 2.45) is 0 Å². The molecule has 0 spiro atoms. The van der Waals surface area contributed by atoms with Crippen molar-refractivity contribution < 1.29 is 0 Å². The van der Waals surface area contributed by atoms with E-state index >= 15 is 0 Å². The number of anilines is 1. The first-order valence-electron chi connectivity index (χ1n) is 7.04. The van der Waals surface area contributed by atoms with Gasteiger partial charge in [-0.2, -0.15) is 0 Å². The van der Waals surface area contributed by atoms with Crippen molar-refractivity contribution in [3.8, 4) is 0 Å². The first-order chi connectivity index (χ1) is 10.4. The minimum absolute atomic E-state index is 0.484. The van der Waals surface area contributed by atoms with Crippen LogP contribution in [0.4, 0.5) is 5.82 Å². The van der Waals surface area contributed by atoms with Gasteiger partial charge in [0.15, 0.2) is 0 Å². The third kappa shape index (κ3) is 2.07. The zero-order valence-electron chi connectivity index (χ0n) is 11.5. The SMILES string of the molecule is ClCc1cnc(N2CCn3ccnc3C2)c2ccccc12. The Morgan fingerprint density at radius 1 is 1.10 bits per heavy atom. The maximum absolute atomic E-state index is 6.03. The summed E-state index contributed by atoms with van der Waals surface area (Å²) in [5, 5.41) is 2.35. The molecule has 0 unspecified atom stereocenters. The standard InChI is InChI=1S/C16H15ClN4/c17-9-12-10-19-16(14-4-2-1-3-13(12)14)21-8-7-20-6-5-18-15(20)11-21/h1-6,10H,7-9,11H2. The molecule has 106 valence electrons. The molecule has 0 saturated heterocycles. The Balaban J connectivity index is 1.81. The summed E-state index contributed by atoms with van der Waals surface area (Å²) in [5.41, 5.74) is 1.08. The lowest BCUT2D eigenvalue weighted by Gasteiger charge is -2.29. The topological polar surface area (TPSA) is 34.0 Å². The summed E-state index contributed by atoms with van der Waals surface area (Å²) in [5.74, 6) is 2.60. The molecule has 1 aromatic carbocycles. The van der Waals surface area contributed by atoms with Crippen LogP contribution in [-0.4, -0.2) is 21.1 Å². The van der Waals surface area contributed by atoms with Gasteiger partial charge in [-0.15, -0.1) is 11.6 Å². The van der Waals surface area contributed by atoms with Crippen molar-refractivity contribution in [3.63, 3.8) is 0 Å². The third-order valence-corrected chi connectivity index (χ3v) is 4.33. The summed E-state index contributed by atoms with van der Waals surface area (Å²) in [6.45, 7) is 2.69. The first-order valence-corrected chi connectivity index (χ1v) is 7.58. The quantitative estimate of drug-likeness (QED) is 0.681. The van der Waals surface area contributed by atoms with Crippen molar-refractivity contribution in [2.45, 2.75) is 19.0 Å². The van der Waals surface area contributed by atoms with Gasteiger partial charge in [0.2, 0.25) is 0 Å². The van der Waals surface area contributed by atoms with Gasteiger partial charge in [0.25, 0.3) is 0 Å². The maximum atomic E-state index is 6.03. The summed E-state index contributed by atoms with van der Waals surface area (Å²) in [6.07, 6.45) is 5.79. The van der Waals surface area contributed by atoms with Crippen molar-refractivity contribution in [1.29, 1.82) is 0 Å². The summed E-state index contributed by atoms with van der Waals surface area (Å²) in [7, 11) is 0. The summed E-state index contributed by atoms with van der Waals surface area (Å²) < 4.78 is 2.20. The van der Waals surface area contributed by atoms with Crippen LogP contribution < -0.4 is 4.90 Å². The molecule has 4 nitrogen and oxygen atoms in total. The largest absolute Gasteiger partial charge is 0.347 e. The highest BCUT2D eigenvalue weighted by molar-refractivity contribution is 6.18. The van der Waals surface area contributed by atoms with Gasteiger partial charge in [-0.1, -0.05) is 24.3 Å². The van der Waals surface area contributed by atoms with Gasteiger partial charge < -0.3 is 9.47 Å². The van der Waals surface area contributed by atoms with Crippen LogP contribution in [0.25, 0.3) is 10.8 Å². The Morgan fingerprint density at radius 2 is 1.95 bits per heavy atom. The molecule has 0 aliphatic carbocycles. The van der Waals surface area contributed by atoms with Crippen LogP contribution >= 0.6 is 11.6 Å². The number of imidazole rings is 1. The number of hydrogen-bond donors (Lipinski definition) is 0. The molecule has 3 aromatic rings. The fourth-order valence-electron chi connectivity index (χ4n) is 2.95. The molecule has 5 heteroatoms. The number of hydrogen-bond acceptors (Lipinski definition) is 3. The van der Waals surface area contributed by atoms with E-state index in [2.05, 4.69) is 37.6 Å². The van der Waals surface area contributed by atoms with Crippen molar-refractivity contribution >= 4 is 28.2 Å². The molecule has 0 radical (unpaired) electrons. The molecule has 0 atom stereocenters. The summed E-state index contributed by atoms with van der Waals surface area (Å²) in [4.78, 5) is 11.4. The van der Waals surface area contributed by atoms with Crippen LogP contribution in [0, 0.1) is 0 Å². The maximum Gasteiger partial charge on any atom is 0.136 e. The monoisotopic (exact) mass is 298 g/mol. The molecule has 0 amide bonds. The minimum Gasteiger partial charge on any atom is -0.347 e. The zero-order chi connectivity index (χ0) is 14.2. The van der Waals surface area contributed by atoms with Crippen LogP contribution in [0.3, 0.4) is 0 Å². The number of benzene rings is 1. The molecule has 0 saturated carbocycles. The molecule has 4 rings (SSSR count). The highest BCUT2D eigenvalue weighted by Crippen LogP contribution is 2.29. The Labute approximate surface area is 128 Å². The Kier molecular flexibility index (Phi) is 3.04. The fraction of sp³-hybridized carbons (Fsp3) is 0.250. The highest BCUT2D eigenvalue weighted by atomic mass is 35.5. The average molecular weight is 299 g/mol. The molecule has 3 heterocycles. The Morgan fingerprint density at radius 3 is 2.81 bits per heavy atom. The van der Waals surface area contributed by atoms with Crippen molar-refractivity contribution in [3.05, 3.63) is 54.2 Å². The molecule has 1 aliphatic rings. The summed E-state index contributed by atoms with van der Waals surface area (Å²) in [6, 6.07) is 8.33. The molecule has 0 bridgehead atoms. The van der Waals surface area contributed by atoms with E-state index in [1.54, 1.807) is 0 Å². The highest BCUT2D eigenvalue weighted by Gasteiger charge is 2.20. The number of halogens is 1. The second kappa shape index (κ2) is 5.04. The average Bonchev–Trinajstić information content (AvgIpc) is 3.01. The van der Waals surface area contributed by atoms with Gasteiger partial charge in [-0.3, -0.25) is 0 Å². The molecule has 0 N–H and O–H groups in total. The molecule has 0 fully saturated rings. The smallest absolute Gasteiger partial charge is 0.136 e. The molecule has 21 heavy (non-hydrogen) atoms. The van der Waals surface area contributed by atoms with E-state index < -0.39 is 0 Å². The molecular formula is C16H15ClN4. The van der Waals surface area contributed by atoms with Gasteiger partial charge >= 0.3 is 0 Å². The number of rotatable bonds is 2. The minimum atomic E-state index is 0.484. The van der Waals surface area contributed by atoms with E-state index in [9.17, 15) is 0 Å². The molecule has 1 aliphatic heterocycles. The van der Waals surface area contributed by atoms with Crippen LogP contribution in [0.1, 0.15) is 11.4 Å². The van der Waals surface area contributed by atoms with E-state index in [4.69, 9.17) is 11.6 Å². The van der Waals surface area contributed by atoms with Crippen molar-refractivity contribution in [2.75, 3.05) is 11.4 Å². The third-order valence-electron chi connectivity index (χ3n) is 4.04. The first kappa shape index (κ1) is 12.7. The Hall–Kier alpha value is -2.07. The number of fused-ring (bicyclic) bond motifs is 2. The second-order valence-corrected chi connectivity index (χ2v) is 5.51. The van der Waals surface area contributed by atoms with E-state index in [1.807, 2.05) is 24.7 Å². The van der Waals surface area contributed by atoms with E-state index in [-0.39, 0.29) is 0 Å². The number of nitrogens with zero attached hydrogens (tertiary/aromatic N) is 4. The zero-order valence-corrected chi connectivity index (χ0v) is 12.3. The number of alkyl halides is 1. The number of aromatic nitrogens is 3. The van der Waals surface area contributed by atoms with E-state index in [0.717, 1.165) is 42.2 Å². The van der Waals surface area contributed by atoms with Crippen LogP contribution in [0.2, 0.25) is 0 Å². The normalized spacial score (nSPS) is 14.4. The predicted molar refractivity (Wildman–Crippen MR) is 84.6 cm³/mol. The van der Waals surface area contributed by atoms with E-state index in [0.29, 0.717) is 5.88 Å². The number of pyridine rings is 1. The van der Waals surface area contributed by atoms with Gasteiger partial charge in [0.05, 0.1) is 6.54 Å². The predicted octanol–water partition coefficient (Wildman–Crippen LogP) is 3.19. The lowest BCUT2D eigenvalue weighted by molar-refractivity contribution is 0.557. The second-order valence-electron chi connectivity index (χ2n) is 5.24. The fourth-order valence-corrected chi connectivity index (χ4v) is 3.16. The van der Waals surface area contributed by atoms with Gasteiger partial charge in [0.1, 0.15) is 11.6 Å². The van der Waals surface area contributed by atoms with E-state index in [1.165, 1.54) is 5.39 Å². The lowest BCUT2D eigenvalue weighted by Crippen LogP contribution is -2.34.